The van der Waals surface area contributed by atoms with E-state index in [4.69, 9.17) is 0 Å². The van der Waals surface area contributed by atoms with Gasteiger partial charge in [-0.2, -0.15) is 0 Å². The second kappa shape index (κ2) is 9.43. The van der Waals surface area contributed by atoms with Gasteiger partial charge < -0.3 is 10.2 Å². The van der Waals surface area contributed by atoms with Gasteiger partial charge in [-0.25, -0.2) is 4.98 Å². The number of benzene rings is 1. The first kappa shape index (κ1) is 19.3. The summed E-state index contributed by atoms with van der Waals surface area (Å²) in [6, 6.07) is 16.0. The number of likely N-dealkylation sites (tertiary alicyclic amines) is 1. The first-order valence-electron chi connectivity index (χ1n) is 10.1. The summed E-state index contributed by atoms with van der Waals surface area (Å²) in [5, 5.41) is 10.6. The molecule has 1 saturated heterocycles. The van der Waals surface area contributed by atoms with Crippen LogP contribution in [0.5, 0.6) is 0 Å². The smallest absolute Gasteiger partial charge is 0.269 e. The van der Waals surface area contributed by atoms with Crippen LogP contribution in [-0.2, 0) is 6.42 Å². The molecular weight excluding hydrogens is 364 g/mol. The summed E-state index contributed by atoms with van der Waals surface area (Å²) >= 11 is 0. The number of piperidine rings is 1. The number of rotatable bonds is 7. The van der Waals surface area contributed by atoms with Crippen molar-refractivity contribution in [1.82, 2.24) is 30.0 Å². The van der Waals surface area contributed by atoms with Crippen LogP contribution in [0.3, 0.4) is 0 Å². The third kappa shape index (κ3) is 5.26. The van der Waals surface area contributed by atoms with Crippen molar-refractivity contribution in [2.75, 3.05) is 26.2 Å². The summed E-state index contributed by atoms with van der Waals surface area (Å²) in [5.74, 6) is 0.971. The summed E-state index contributed by atoms with van der Waals surface area (Å²) < 4.78 is 1.68. The normalized spacial score (nSPS) is 17.2. The predicted octanol–water partition coefficient (Wildman–Crippen LogP) is 2.35. The molecule has 1 atom stereocenters. The SMILES string of the molecule is O=C(NC[C@H]1CCCN(CCc2ccccc2)C1)c1cccc(-n2cnnc2)n1. The number of carbonyl (C=O) groups is 1. The number of carbonyl (C=O) groups excluding carboxylic acids is 1. The van der Waals surface area contributed by atoms with Crippen LogP contribution in [0.1, 0.15) is 28.9 Å². The maximum Gasteiger partial charge on any atom is 0.269 e. The predicted molar refractivity (Wildman–Crippen MR) is 111 cm³/mol. The fourth-order valence-corrected chi connectivity index (χ4v) is 3.79. The molecule has 0 saturated carbocycles. The molecular formula is C22H26N6O. The van der Waals surface area contributed by atoms with Crippen LogP contribution in [0, 0.1) is 5.92 Å². The molecule has 3 aromatic rings. The van der Waals surface area contributed by atoms with E-state index in [0.29, 0.717) is 24.0 Å². The molecule has 4 rings (SSSR count). The van der Waals surface area contributed by atoms with Crippen LogP contribution < -0.4 is 5.32 Å². The molecule has 7 nitrogen and oxygen atoms in total. The quantitative estimate of drug-likeness (QED) is 0.670. The van der Waals surface area contributed by atoms with E-state index in [-0.39, 0.29) is 5.91 Å². The zero-order valence-corrected chi connectivity index (χ0v) is 16.4. The van der Waals surface area contributed by atoms with Gasteiger partial charge in [-0.3, -0.25) is 9.36 Å². The van der Waals surface area contributed by atoms with Gasteiger partial charge in [0.2, 0.25) is 0 Å². The van der Waals surface area contributed by atoms with Gasteiger partial charge in [0.15, 0.2) is 0 Å². The fourth-order valence-electron chi connectivity index (χ4n) is 3.79. The Morgan fingerprint density at radius 1 is 1.07 bits per heavy atom. The number of hydrogen-bond donors (Lipinski definition) is 1. The number of nitrogens with zero attached hydrogens (tertiary/aromatic N) is 5. The molecule has 1 aliphatic heterocycles. The zero-order chi connectivity index (χ0) is 19.9. The molecule has 29 heavy (non-hydrogen) atoms. The molecule has 7 heteroatoms. The van der Waals surface area contributed by atoms with Crippen LogP contribution in [0.15, 0.2) is 61.2 Å². The van der Waals surface area contributed by atoms with Gasteiger partial charge in [-0.15, -0.1) is 10.2 Å². The van der Waals surface area contributed by atoms with Crippen molar-refractivity contribution in [2.24, 2.45) is 5.92 Å². The van der Waals surface area contributed by atoms with Crippen LogP contribution in [0.2, 0.25) is 0 Å². The van der Waals surface area contributed by atoms with Crippen LogP contribution in [0.25, 0.3) is 5.82 Å². The van der Waals surface area contributed by atoms with E-state index < -0.39 is 0 Å². The highest BCUT2D eigenvalue weighted by Crippen LogP contribution is 2.16. The molecule has 1 aromatic carbocycles. The highest BCUT2D eigenvalue weighted by atomic mass is 16.1. The largest absolute Gasteiger partial charge is 0.350 e. The second-order valence-corrected chi connectivity index (χ2v) is 7.50. The average molecular weight is 390 g/mol. The van der Waals surface area contributed by atoms with E-state index in [9.17, 15) is 4.79 Å². The molecule has 2 aromatic heterocycles. The van der Waals surface area contributed by atoms with Crippen molar-refractivity contribution in [3.05, 3.63) is 72.4 Å². The lowest BCUT2D eigenvalue weighted by molar-refractivity contribution is 0.0927. The summed E-state index contributed by atoms with van der Waals surface area (Å²) in [6.45, 7) is 3.91. The Balaban J connectivity index is 1.27. The van der Waals surface area contributed by atoms with Crippen LogP contribution in [-0.4, -0.2) is 56.7 Å². The third-order valence-electron chi connectivity index (χ3n) is 5.36. The minimum absolute atomic E-state index is 0.138. The number of amides is 1. The van der Waals surface area contributed by atoms with Gasteiger partial charge in [-0.1, -0.05) is 36.4 Å². The van der Waals surface area contributed by atoms with Crippen molar-refractivity contribution < 1.29 is 4.79 Å². The minimum Gasteiger partial charge on any atom is -0.350 e. The molecule has 0 unspecified atom stereocenters. The van der Waals surface area contributed by atoms with Crippen molar-refractivity contribution >= 4 is 5.91 Å². The van der Waals surface area contributed by atoms with Crippen molar-refractivity contribution in [1.29, 1.82) is 0 Å². The topological polar surface area (TPSA) is 75.9 Å². The van der Waals surface area contributed by atoms with E-state index in [0.717, 1.165) is 32.5 Å². The standard InChI is InChI=1S/C22H26N6O/c29-22(20-9-4-10-21(26-20)28-16-24-25-17-28)23-14-19-8-5-12-27(15-19)13-11-18-6-2-1-3-7-18/h1-4,6-7,9-10,16-17,19H,5,8,11-15H2,(H,23,29)/t19-/m1/s1. The highest BCUT2D eigenvalue weighted by Gasteiger charge is 2.20. The van der Waals surface area contributed by atoms with E-state index >= 15 is 0 Å². The summed E-state index contributed by atoms with van der Waals surface area (Å²) in [6.07, 6.45) is 6.53. The molecule has 1 N–H and O–H groups in total. The molecule has 0 radical (unpaired) electrons. The van der Waals surface area contributed by atoms with Gasteiger partial charge in [0.25, 0.3) is 5.91 Å². The van der Waals surface area contributed by atoms with Crippen LogP contribution in [0.4, 0.5) is 0 Å². The molecule has 150 valence electrons. The van der Waals surface area contributed by atoms with E-state index in [1.54, 1.807) is 23.3 Å². The molecule has 0 bridgehead atoms. The van der Waals surface area contributed by atoms with Gasteiger partial charge in [0, 0.05) is 19.6 Å². The summed E-state index contributed by atoms with van der Waals surface area (Å²) in [5.41, 5.74) is 1.79. The molecule has 3 heterocycles. The lowest BCUT2D eigenvalue weighted by Gasteiger charge is -2.32. The van der Waals surface area contributed by atoms with Crippen molar-refractivity contribution in [2.45, 2.75) is 19.3 Å². The maximum absolute atomic E-state index is 12.6. The monoisotopic (exact) mass is 390 g/mol. The lowest BCUT2D eigenvalue weighted by atomic mass is 9.97. The Hall–Kier alpha value is -3.06. The van der Waals surface area contributed by atoms with Gasteiger partial charge in [-0.05, 0) is 49.4 Å². The Bertz CT molecular complexity index is 912. The molecule has 1 fully saturated rings. The second-order valence-electron chi connectivity index (χ2n) is 7.50. The van der Waals surface area contributed by atoms with Gasteiger partial charge >= 0.3 is 0 Å². The van der Waals surface area contributed by atoms with Crippen molar-refractivity contribution in [3.63, 3.8) is 0 Å². The Morgan fingerprint density at radius 2 is 1.90 bits per heavy atom. The minimum atomic E-state index is -0.138. The lowest BCUT2D eigenvalue weighted by Crippen LogP contribution is -2.41. The molecule has 0 spiro atoms. The van der Waals surface area contributed by atoms with E-state index in [1.165, 1.54) is 12.0 Å². The fraction of sp³-hybridized carbons (Fsp3) is 0.364. The molecule has 0 aliphatic carbocycles. The molecule has 1 aliphatic rings. The Kier molecular flexibility index (Phi) is 6.26. The Morgan fingerprint density at radius 3 is 2.72 bits per heavy atom. The first-order chi connectivity index (χ1) is 14.3. The summed E-state index contributed by atoms with van der Waals surface area (Å²) in [7, 11) is 0. The first-order valence-corrected chi connectivity index (χ1v) is 10.1. The zero-order valence-electron chi connectivity index (χ0n) is 16.4. The highest BCUT2D eigenvalue weighted by molar-refractivity contribution is 5.92. The molecule has 1 amide bonds. The van der Waals surface area contributed by atoms with Crippen LogP contribution >= 0.6 is 0 Å². The van der Waals surface area contributed by atoms with Gasteiger partial charge in [0.05, 0.1) is 0 Å². The van der Waals surface area contributed by atoms with E-state index in [2.05, 4.69) is 55.7 Å². The Labute approximate surface area is 170 Å². The maximum atomic E-state index is 12.6. The van der Waals surface area contributed by atoms with Crippen molar-refractivity contribution in [3.8, 4) is 5.82 Å². The third-order valence-corrected chi connectivity index (χ3v) is 5.36. The average Bonchev–Trinajstić information content (AvgIpc) is 3.32. The number of hydrogen-bond acceptors (Lipinski definition) is 5. The number of nitrogens with one attached hydrogen (secondary N) is 1. The summed E-state index contributed by atoms with van der Waals surface area (Å²) in [4.78, 5) is 19.5. The van der Waals surface area contributed by atoms with Gasteiger partial charge in [0.1, 0.15) is 24.2 Å². The van der Waals surface area contributed by atoms with E-state index in [1.807, 2.05) is 12.1 Å². The number of pyridine rings is 1. The number of aromatic nitrogens is 4.